The van der Waals surface area contributed by atoms with Crippen molar-refractivity contribution in [1.82, 2.24) is 0 Å². The fraction of sp³-hybridized carbons (Fsp3) is 0.167. The maximum absolute atomic E-state index is 12.4. The molecule has 120 valence electrons. The Morgan fingerprint density at radius 3 is 2.70 bits per heavy atom. The van der Waals surface area contributed by atoms with E-state index in [1.165, 1.54) is 5.56 Å². The van der Waals surface area contributed by atoms with Gasteiger partial charge in [-0.05, 0) is 65.4 Å². The van der Waals surface area contributed by atoms with E-state index in [9.17, 15) is 4.79 Å². The number of methoxy groups -OCH3 is 1. The molecule has 0 fully saturated rings. The van der Waals surface area contributed by atoms with Crippen LogP contribution in [0.1, 0.15) is 15.9 Å². The van der Waals surface area contributed by atoms with Gasteiger partial charge in [0.25, 0.3) is 5.91 Å². The first-order chi connectivity index (χ1) is 11.0. The Labute approximate surface area is 149 Å². The number of nitrogens with one attached hydrogen (secondary N) is 1. The lowest BCUT2D eigenvalue weighted by Gasteiger charge is -2.11. The molecule has 2 rings (SSSR count). The molecular weight excluding hydrogens is 405 g/mol. The lowest BCUT2D eigenvalue weighted by Crippen LogP contribution is -2.12. The van der Waals surface area contributed by atoms with Gasteiger partial charge in [0.2, 0.25) is 0 Å². The molecule has 23 heavy (non-hydrogen) atoms. The van der Waals surface area contributed by atoms with Crippen LogP contribution >= 0.6 is 22.6 Å². The van der Waals surface area contributed by atoms with E-state index >= 15 is 0 Å². The maximum Gasteiger partial charge on any atom is 0.255 e. The Kier molecular flexibility index (Phi) is 6.04. The van der Waals surface area contributed by atoms with Gasteiger partial charge >= 0.3 is 0 Å². The monoisotopic (exact) mass is 423 g/mol. The van der Waals surface area contributed by atoms with Crippen LogP contribution in [0, 0.1) is 10.5 Å². The third kappa shape index (κ3) is 4.48. The maximum atomic E-state index is 12.4. The highest BCUT2D eigenvalue weighted by atomic mass is 127. The number of amides is 1. The number of hydrogen-bond donors (Lipinski definition) is 1. The summed E-state index contributed by atoms with van der Waals surface area (Å²) in [5.41, 5.74) is 2.44. The second-order valence-corrected chi connectivity index (χ2v) is 6.05. The van der Waals surface area contributed by atoms with Crippen molar-refractivity contribution in [2.75, 3.05) is 19.0 Å². The average molecular weight is 423 g/mol. The van der Waals surface area contributed by atoms with Gasteiger partial charge in [-0.2, -0.15) is 0 Å². The van der Waals surface area contributed by atoms with Crippen molar-refractivity contribution in [2.45, 2.75) is 6.92 Å². The molecule has 0 saturated carbocycles. The first-order valence-electron chi connectivity index (χ1n) is 7.04. The normalized spacial score (nSPS) is 10.0. The molecule has 0 bridgehead atoms. The summed E-state index contributed by atoms with van der Waals surface area (Å²) >= 11 is 2.24. The molecule has 1 amide bonds. The SMILES string of the molecule is C=CCOc1ccc(C(=O)Nc2ccc(C)c(I)c2)cc1OC. The topological polar surface area (TPSA) is 47.6 Å². The molecule has 0 heterocycles. The summed E-state index contributed by atoms with van der Waals surface area (Å²) < 4.78 is 11.9. The van der Waals surface area contributed by atoms with Gasteiger partial charge in [-0.15, -0.1) is 0 Å². The first-order valence-corrected chi connectivity index (χ1v) is 8.12. The number of carbonyl (C=O) groups excluding carboxylic acids is 1. The minimum Gasteiger partial charge on any atom is -0.493 e. The van der Waals surface area contributed by atoms with E-state index in [0.717, 1.165) is 9.26 Å². The van der Waals surface area contributed by atoms with Crippen LogP contribution in [0.4, 0.5) is 5.69 Å². The first kappa shape index (κ1) is 17.3. The van der Waals surface area contributed by atoms with Crippen LogP contribution in [0.2, 0.25) is 0 Å². The predicted molar refractivity (Wildman–Crippen MR) is 101 cm³/mol. The van der Waals surface area contributed by atoms with Crippen LogP contribution in [-0.2, 0) is 0 Å². The summed E-state index contributed by atoms with van der Waals surface area (Å²) in [6, 6.07) is 10.9. The highest BCUT2D eigenvalue weighted by Gasteiger charge is 2.11. The van der Waals surface area contributed by atoms with Crippen molar-refractivity contribution < 1.29 is 14.3 Å². The number of anilines is 1. The fourth-order valence-corrected chi connectivity index (χ4v) is 2.47. The predicted octanol–water partition coefficient (Wildman–Crippen LogP) is 4.43. The molecule has 4 nitrogen and oxygen atoms in total. The van der Waals surface area contributed by atoms with Crippen LogP contribution in [0.3, 0.4) is 0 Å². The average Bonchev–Trinajstić information content (AvgIpc) is 2.56. The fourth-order valence-electron chi connectivity index (χ4n) is 1.95. The molecule has 0 aliphatic heterocycles. The Morgan fingerprint density at radius 1 is 1.26 bits per heavy atom. The van der Waals surface area contributed by atoms with Crippen molar-refractivity contribution in [3.05, 3.63) is 63.8 Å². The van der Waals surface area contributed by atoms with Crippen LogP contribution in [0.5, 0.6) is 11.5 Å². The summed E-state index contributed by atoms with van der Waals surface area (Å²) in [7, 11) is 1.54. The Morgan fingerprint density at radius 2 is 2.04 bits per heavy atom. The highest BCUT2D eigenvalue weighted by molar-refractivity contribution is 14.1. The number of ether oxygens (including phenoxy) is 2. The molecule has 0 saturated heterocycles. The van der Waals surface area contributed by atoms with Crippen molar-refractivity contribution in [2.24, 2.45) is 0 Å². The summed E-state index contributed by atoms with van der Waals surface area (Å²) in [4.78, 5) is 12.4. The van der Waals surface area contributed by atoms with Crippen LogP contribution in [-0.4, -0.2) is 19.6 Å². The molecule has 0 aliphatic rings. The van der Waals surface area contributed by atoms with Crippen LogP contribution in [0.15, 0.2) is 49.1 Å². The summed E-state index contributed by atoms with van der Waals surface area (Å²) in [5, 5.41) is 2.88. The van der Waals surface area contributed by atoms with Crippen LogP contribution < -0.4 is 14.8 Å². The molecule has 2 aromatic carbocycles. The minimum absolute atomic E-state index is 0.196. The molecular formula is C18H18INO3. The summed E-state index contributed by atoms with van der Waals surface area (Å²) in [5.74, 6) is 0.894. The van der Waals surface area contributed by atoms with Gasteiger partial charge in [-0.1, -0.05) is 18.7 Å². The minimum atomic E-state index is -0.196. The number of rotatable bonds is 6. The second-order valence-electron chi connectivity index (χ2n) is 4.88. The van der Waals surface area contributed by atoms with Gasteiger partial charge in [0.1, 0.15) is 6.61 Å². The molecule has 1 N–H and O–H groups in total. The molecule has 0 atom stereocenters. The van der Waals surface area contributed by atoms with Gasteiger partial charge in [0.15, 0.2) is 11.5 Å². The Balaban J connectivity index is 2.18. The Bertz CT molecular complexity index is 728. The van der Waals surface area contributed by atoms with E-state index in [0.29, 0.717) is 23.7 Å². The molecule has 0 spiro atoms. The van der Waals surface area contributed by atoms with Gasteiger partial charge in [0.05, 0.1) is 7.11 Å². The quantitative estimate of drug-likeness (QED) is 0.553. The van der Waals surface area contributed by atoms with Crippen molar-refractivity contribution in [1.29, 1.82) is 0 Å². The smallest absolute Gasteiger partial charge is 0.255 e. The van der Waals surface area contributed by atoms with E-state index in [2.05, 4.69) is 34.5 Å². The van der Waals surface area contributed by atoms with Crippen LogP contribution in [0.25, 0.3) is 0 Å². The lowest BCUT2D eigenvalue weighted by molar-refractivity contribution is 0.102. The van der Waals surface area contributed by atoms with Gasteiger partial charge < -0.3 is 14.8 Å². The van der Waals surface area contributed by atoms with Crippen molar-refractivity contribution in [3.8, 4) is 11.5 Å². The second kappa shape index (κ2) is 8.01. The van der Waals surface area contributed by atoms with E-state index in [4.69, 9.17) is 9.47 Å². The zero-order valence-corrected chi connectivity index (χ0v) is 15.2. The molecule has 0 aromatic heterocycles. The van der Waals surface area contributed by atoms with Gasteiger partial charge in [0, 0.05) is 14.8 Å². The van der Waals surface area contributed by atoms with E-state index in [1.807, 2.05) is 25.1 Å². The number of carbonyl (C=O) groups is 1. The van der Waals surface area contributed by atoms with Crippen molar-refractivity contribution in [3.63, 3.8) is 0 Å². The van der Waals surface area contributed by atoms with Gasteiger partial charge in [-0.3, -0.25) is 4.79 Å². The number of aryl methyl sites for hydroxylation is 1. The zero-order chi connectivity index (χ0) is 16.8. The standard InChI is InChI=1S/C18H18INO3/c1-4-9-23-16-8-6-13(10-17(16)22-3)18(21)20-14-7-5-12(2)15(19)11-14/h4-8,10-11H,1,9H2,2-3H3,(H,20,21). The van der Waals surface area contributed by atoms with Crippen molar-refractivity contribution >= 4 is 34.2 Å². The van der Waals surface area contributed by atoms with E-state index in [-0.39, 0.29) is 5.91 Å². The molecule has 0 aliphatic carbocycles. The third-order valence-electron chi connectivity index (χ3n) is 3.21. The van der Waals surface area contributed by atoms with E-state index < -0.39 is 0 Å². The van der Waals surface area contributed by atoms with Gasteiger partial charge in [-0.25, -0.2) is 0 Å². The number of hydrogen-bond acceptors (Lipinski definition) is 3. The largest absolute Gasteiger partial charge is 0.493 e. The highest BCUT2D eigenvalue weighted by Crippen LogP contribution is 2.28. The lowest BCUT2D eigenvalue weighted by atomic mass is 10.1. The molecule has 0 unspecified atom stereocenters. The molecule has 5 heteroatoms. The number of benzene rings is 2. The number of halogens is 1. The summed E-state index contributed by atoms with van der Waals surface area (Å²) in [6.07, 6.45) is 1.65. The Hall–Kier alpha value is -2.02. The molecule has 0 radical (unpaired) electrons. The van der Waals surface area contributed by atoms with E-state index in [1.54, 1.807) is 31.4 Å². The third-order valence-corrected chi connectivity index (χ3v) is 4.37. The molecule has 2 aromatic rings. The zero-order valence-electron chi connectivity index (χ0n) is 13.1. The summed E-state index contributed by atoms with van der Waals surface area (Å²) in [6.45, 7) is 6.01.